The molecule has 112 valence electrons. The Morgan fingerprint density at radius 1 is 1.19 bits per heavy atom. The Hall–Kier alpha value is -1.78. The molecule has 1 atom stereocenters. The fourth-order valence-corrected chi connectivity index (χ4v) is 2.27. The number of hydrogen-bond donors (Lipinski definition) is 1. The third-order valence-corrected chi connectivity index (χ3v) is 3.58. The number of halogens is 1. The molecule has 0 saturated heterocycles. The molecular weight excluding hydrogens is 265 g/mol. The Labute approximate surface area is 125 Å². The van der Waals surface area contributed by atoms with Gasteiger partial charge in [-0.2, -0.15) is 0 Å². The van der Waals surface area contributed by atoms with Crippen molar-refractivity contribution >= 4 is 0 Å². The molecule has 1 aromatic carbocycles. The van der Waals surface area contributed by atoms with E-state index < -0.39 is 0 Å². The molecule has 1 heterocycles. The Bertz CT molecular complexity index is 527. The van der Waals surface area contributed by atoms with Crippen LogP contribution in [0.15, 0.2) is 48.7 Å². The lowest BCUT2D eigenvalue weighted by Crippen LogP contribution is -2.27. The van der Waals surface area contributed by atoms with Gasteiger partial charge in [0, 0.05) is 19.1 Å². The SMILES string of the molecule is CCN(CCC(N)c1ccc(F)cn1)Cc1ccccc1. The van der Waals surface area contributed by atoms with Crippen LogP contribution in [0.4, 0.5) is 4.39 Å². The lowest BCUT2D eigenvalue weighted by atomic mass is 10.1. The Balaban J connectivity index is 1.86. The van der Waals surface area contributed by atoms with E-state index in [4.69, 9.17) is 5.73 Å². The average molecular weight is 287 g/mol. The maximum Gasteiger partial charge on any atom is 0.141 e. The summed E-state index contributed by atoms with van der Waals surface area (Å²) in [5, 5.41) is 0. The van der Waals surface area contributed by atoms with Crippen LogP contribution in [0.1, 0.15) is 30.6 Å². The van der Waals surface area contributed by atoms with E-state index in [0.717, 1.165) is 31.7 Å². The van der Waals surface area contributed by atoms with Crippen LogP contribution in [0, 0.1) is 5.82 Å². The summed E-state index contributed by atoms with van der Waals surface area (Å²) in [5.41, 5.74) is 8.17. The van der Waals surface area contributed by atoms with E-state index in [1.807, 2.05) is 6.07 Å². The molecule has 21 heavy (non-hydrogen) atoms. The molecule has 4 heteroatoms. The first-order valence-electron chi connectivity index (χ1n) is 7.32. The summed E-state index contributed by atoms with van der Waals surface area (Å²) in [5.74, 6) is -0.329. The molecule has 2 N–H and O–H groups in total. The van der Waals surface area contributed by atoms with Gasteiger partial charge >= 0.3 is 0 Å². The highest BCUT2D eigenvalue weighted by Crippen LogP contribution is 2.13. The summed E-state index contributed by atoms with van der Waals surface area (Å²) in [4.78, 5) is 6.39. The van der Waals surface area contributed by atoms with Crippen molar-refractivity contribution in [1.29, 1.82) is 0 Å². The smallest absolute Gasteiger partial charge is 0.141 e. The monoisotopic (exact) mass is 287 g/mol. The molecule has 2 aromatic rings. The molecule has 0 bridgehead atoms. The van der Waals surface area contributed by atoms with Gasteiger partial charge in [0.15, 0.2) is 0 Å². The van der Waals surface area contributed by atoms with Gasteiger partial charge in [-0.25, -0.2) is 4.39 Å². The predicted molar refractivity (Wildman–Crippen MR) is 83.1 cm³/mol. The zero-order chi connectivity index (χ0) is 15.1. The quantitative estimate of drug-likeness (QED) is 0.850. The number of benzene rings is 1. The molecule has 0 aliphatic carbocycles. The molecule has 0 radical (unpaired) electrons. The first kappa shape index (κ1) is 15.6. The fourth-order valence-electron chi connectivity index (χ4n) is 2.27. The van der Waals surface area contributed by atoms with Gasteiger partial charge < -0.3 is 5.73 Å². The third kappa shape index (κ3) is 4.92. The van der Waals surface area contributed by atoms with E-state index in [-0.39, 0.29) is 11.9 Å². The molecule has 0 saturated carbocycles. The molecule has 0 aliphatic rings. The van der Waals surface area contributed by atoms with Crippen molar-refractivity contribution in [3.8, 4) is 0 Å². The lowest BCUT2D eigenvalue weighted by molar-refractivity contribution is 0.268. The van der Waals surface area contributed by atoms with Crippen LogP contribution in [-0.4, -0.2) is 23.0 Å². The van der Waals surface area contributed by atoms with Crippen molar-refractivity contribution in [2.24, 2.45) is 5.73 Å². The van der Waals surface area contributed by atoms with E-state index in [2.05, 4.69) is 41.1 Å². The van der Waals surface area contributed by atoms with Gasteiger partial charge in [0.05, 0.1) is 11.9 Å². The average Bonchev–Trinajstić information content (AvgIpc) is 2.52. The van der Waals surface area contributed by atoms with Crippen LogP contribution in [0.25, 0.3) is 0 Å². The Kier molecular flexibility index (Phi) is 5.84. The number of pyridine rings is 1. The van der Waals surface area contributed by atoms with Gasteiger partial charge in [0.1, 0.15) is 5.82 Å². The highest BCUT2D eigenvalue weighted by atomic mass is 19.1. The molecule has 3 nitrogen and oxygen atoms in total. The topological polar surface area (TPSA) is 42.1 Å². The van der Waals surface area contributed by atoms with Crippen molar-refractivity contribution in [2.45, 2.75) is 25.9 Å². The molecule has 2 rings (SSSR count). The second-order valence-corrected chi connectivity index (χ2v) is 5.15. The first-order chi connectivity index (χ1) is 10.2. The number of hydrogen-bond acceptors (Lipinski definition) is 3. The summed E-state index contributed by atoms with van der Waals surface area (Å²) in [7, 11) is 0. The minimum Gasteiger partial charge on any atom is -0.323 e. The number of nitrogens with two attached hydrogens (primary N) is 1. The van der Waals surface area contributed by atoms with Gasteiger partial charge in [-0.05, 0) is 30.7 Å². The summed E-state index contributed by atoms with van der Waals surface area (Å²) < 4.78 is 12.8. The minimum atomic E-state index is -0.329. The van der Waals surface area contributed by atoms with Crippen LogP contribution in [0.2, 0.25) is 0 Å². The molecule has 1 unspecified atom stereocenters. The van der Waals surface area contributed by atoms with Crippen LogP contribution >= 0.6 is 0 Å². The number of rotatable bonds is 7. The highest BCUT2D eigenvalue weighted by molar-refractivity contribution is 5.14. The van der Waals surface area contributed by atoms with Crippen molar-refractivity contribution in [1.82, 2.24) is 9.88 Å². The molecule has 0 amide bonds. The molecule has 1 aromatic heterocycles. The third-order valence-electron chi connectivity index (χ3n) is 3.58. The lowest BCUT2D eigenvalue weighted by Gasteiger charge is -2.22. The van der Waals surface area contributed by atoms with Crippen molar-refractivity contribution in [2.75, 3.05) is 13.1 Å². The highest BCUT2D eigenvalue weighted by Gasteiger charge is 2.10. The van der Waals surface area contributed by atoms with Gasteiger partial charge in [0.25, 0.3) is 0 Å². The van der Waals surface area contributed by atoms with Crippen LogP contribution in [-0.2, 0) is 6.54 Å². The van der Waals surface area contributed by atoms with E-state index in [1.165, 1.54) is 17.8 Å². The Morgan fingerprint density at radius 3 is 2.57 bits per heavy atom. The summed E-state index contributed by atoms with van der Waals surface area (Å²) in [6.45, 7) is 4.93. The summed E-state index contributed by atoms with van der Waals surface area (Å²) in [6, 6.07) is 13.3. The molecule has 0 aliphatic heterocycles. The number of aromatic nitrogens is 1. The normalized spacial score (nSPS) is 12.6. The van der Waals surface area contributed by atoms with Crippen LogP contribution in [0.3, 0.4) is 0 Å². The van der Waals surface area contributed by atoms with E-state index in [9.17, 15) is 4.39 Å². The van der Waals surface area contributed by atoms with Crippen LogP contribution in [0.5, 0.6) is 0 Å². The zero-order valence-electron chi connectivity index (χ0n) is 12.4. The minimum absolute atomic E-state index is 0.157. The van der Waals surface area contributed by atoms with Gasteiger partial charge in [-0.15, -0.1) is 0 Å². The van der Waals surface area contributed by atoms with E-state index in [0.29, 0.717) is 0 Å². The zero-order valence-corrected chi connectivity index (χ0v) is 12.4. The second-order valence-electron chi connectivity index (χ2n) is 5.15. The van der Waals surface area contributed by atoms with Crippen LogP contribution < -0.4 is 5.73 Å². The van der Waals surface area contributed by atoms with Crippen molar-refractivity contribution in [3.63, 3.8) is 0 Å². The van der Waals surface area contributed by atoms with E-state index in [1.54, 1.807) is 6.07 Å². The summed E-state index contributed by atoms with van der Waals surface area (Å²) >= 11 is 0. The molecular formula is C17H22FN3. The number of nitrogens with zero attached hydrogens (tertiary/aromatic N) is 2. The summed E-state index contributed by atoms with van der Waals surface area (Å²) in [6.07, 6.45) is 2.02. The van der Waals surface area contributed by atoms with Crippen molar-refractivity contribution in [3.05, 3.63) is 65.7 Å². The largest absolute Gasteiger partial charge is 0.323 e. The maximum atomic E-state index is 12.8. The maximum absolute atomic E-state index is 12.8. The van der Waals surface area contributed by atoms with Crippen molar-refractivity contribution < 1.29 is 4.39 Å². The predicted octanol–water partition coefficient (Wildman–Crippen LogP) is 3.13. The standard InChI is InChI=1S/C17H22FN3/c1-2-21(13-14-6-4-3-5-7-14)11-10-16(19)17-9-8-15(18)12-20-17/h3-9,12,16H,2,10-11,13,19H2,1H3. The fraction of sp³-hybridized carbons (Fsp3) is 0.353. The second kappa shape index (κ2) is 7.86. The van der Waals surface area contributed by atoms with Gasteiger partial charge in [0.2, 0.25) is 0 Å². The molecule has 0 fully saturated rings. The van der Waals surface area contributed by atoms with Gasteiger partial charge in [-0.1, -0.05) is 37.3 Å². The first-order valence-corrected chi connectivity index (χ1v) is 7.32. The Morgan fingerprint density at radius 2 is 1.95 bits per heavy atom. The van der Waals surface area contributed by atoms with E-state index >= 15 is 0 Å². The van der Waals surface area contributed by atoms with Gasteiger partial charge in [-0.3, -0.25) is 9.88 Å². The molecule has 0 spiro atoms.